The fourth-order valence-corrected chi connectivity index (χ4v) is 6.60. The predicted molar refractivity (Wildman–Crippen MR) is 117 cm³/mol. The topological polar surface area (TPSA) is 46.4 Å². The van der Waals surface area contributed by atoms with Crippen molar-refractivity contribution < 1.29 is 4.92 Å². The number of hydrogen-bond acceptors (Lipinski definition) is 3. The number of rotatable bonds is 2. The Labute approximate surface area is 178 Å². The van der Waals surface area contributed by atoms with Crippen molar-refractivity contribution in [2.45, 2.75) is 30.7 Å². The maximum Gasteiger partial charge on any atom is 0.269 e. The number of fused-ring (bicyclic) bond motifs is 4. The molecule has 2 heterocycles. The lowest BCUT2D eigenvalue weighted by molar-refractivity contribution is -0.384. The molecule has 0 spiro atoms. The third-order valence-corrected chi connectivity index (χ3v) is 7.72. The van der Waals surface area contributed by atoms with Crippen molar-refractivity contribution in [3.8, 4) is 0 Å². The molecule has 0 saturated carbocycles. The van der Waals surface area contributed by atoms with E-state index in [9.17, 15) is 10.1 Å². The standard InChI is InChI=1S/C24H21BrN2O2/c25-16-11-21-18-4-1-3-15(18)13-26-23(14-7-9-17(10-8-14)27(28)29)20-6-2-5-19(20)22(12-16)24(21)26/h1-2,4-5,7-12,15,18-20,23H,3,6,13H2/t15-,18+,19+,20+,23-/m1/s1. The molecule has 146 valence electrons. The zero-order valence-corrected chi connectivity index (χ0v) is 17.5. The highest BCUT2D eigenvalue weighted by Crippen LogP contribution is 2.59. The third-order valence-electron chi connectivity index (χ3n) is 7.26. The number of hydrogen-bond donors (Lipinski definition) is 0. The molecule has 0 bridgehead atoms. The van der Waals surface area contributed by atoms with Crippen LogP contribution in [0.2, 0.25) is 0 Å². The van der Waals surface area contributed by atoms with Gasteiger partial charge in [0.15, 0.2) is 0 Å². The number of nitrogens with zero attached hydrogens (tertiary/aromatic N) is 2. The van der Waals surface area contributed by atoms with Crippen LogP contribution < -0.4 is 4.90 Å². The van der Waals surface area contributed by atoms with E-state index in [1.165, 1.54) is 26.9 Å². The average molecular weight is 449 g/mol. The second kappa shape index (κ2) is 6.30. The molecule has 0 aromatic heterocycles. The van der Waals surface area contributed by atoms with Crippen LogP contribution in [0, 0.1) is 22.0 Å². The van der Waals surface area contributed by atoms with Gasteiger partial charge in [0.05, 0.1) is 11.0 Å². The normalized spacial score (nSPS) is 30.8. The number of non-ortho nitro benzene ring substituents is 1. The number of nitro benzene ring substituents is 1. The van der Waals surface area contributed by atoms with Crippen molar-refractivity contribution in [3.05, 3.63) is 92.0 Å². The van der Waals surface area contributed by atoms with Gasteiger partial charge in [-0.2, -0.15) is 0 Å². The molecule has 4 aliphatic rings. The van der Waals surface area contributed by atoms with Crippen molar-refractivity contribution >= 4 is 27.3 Å². The minimum atomic E-state index is -0.314. The highest BCUT2D eigenvalue weighted by atomic mass is 79.9. The van der Waals surface area contributed by atoms with Crippen LogP contribution >= 0.6 is 15.9 Å². The van der Waals surface area contributed by atoms with Gasteiger partial charge in [0, 0.05) is 40.7 Å². The van der Waals surface area contributed by atoms with E-state index < -0.39 is 0 Å². The molecular formula is C24H21BrN2O2. The smallest absolute Gasteiger partial charge is 0.269 e. The highest BCUT2D eigenvalue weighted by Gasteiger charge is 2.47. The first-order chi connectivity index (χ1) is 14.1. The summed E-state index contributed by atoms with van der Waals surface area (Å²) in [6.45, 7) is 1.05. The highest BCUT2D eigenvalue weighted by molar-refractivity contribution is 9.10. The van der Waals surface area contributed by atoms with E-state index in [1.54, 1.807) is 12.1 Å². The van der Waals surface area contributed by atoms with E-state index in [-0.39, 0.29) is 16.7 Å². The van der Waals surface area contributed by atoms with Gasteiger partial charge in [0.1, 0.15) is 0 Å². The van der Waals surface area contributed by atoms with Crippen LogP contribution in [0.25, 0.3) is 0 Å². The van der Waals surface area contributed by atoms with Crippen LogP contribution in [0.4, 0.5) is 11.4 Å². The zero-order chi connectivity index (χ0) is 19.7. The summed E-state index contributed by atoms with van der Waals surface area (Å²) < 4.78 is 1.17. The molecule has 6 rings (SSSR count). The third kappa shape index (κ3) is 2.49. The molecule has 2 aromatic rings. The summed E-state index contributed by atoms with van der Waals surface area (Å²) in [6.07, 6.45) is 11.6. The maximum absolute atomic E-state index is 11.1. The fraction of sp³-hybridized carbons (Fsp3) is 0.333. The zero-order valence-electron chi connectivity index (χ0n) is 15.9. The maximum atomic E-state index is 11.1. The van der Waals surface area contributed by atoms with Crippen LogP contribution in [0.15, 0.2) is 65.2 Å². The van der Waals surface area contributed by atoms with Gasteiger partial charge in [-0.3, -0.25) is 10.1 Å². The predicted octanol–water partition coefficient (Wildman–Crippen LogP) is 6.25. The average Bonchev–Trinajstić information content (AvgIpc) is 3.37. The Kier molecular flexibility index (Phi) is 3.79. The van der Waals surface area contributed by atoms with Crippen LogP contribution in [0.1, 0.15) is 47.4 Å². The van der Waals surface area contributed by atoms with Crippen LogP contribution in [-0.2, 0) is 0 Å². The van der Waals surface area contributed by atoms with Crippen LogP contribution in [-0.4, -0.2) is 11.5 Å². The lowest BCUT2D eigenvalue weighted by Gasteiger charge is -2.51. The largest absolute Gasteiger partial charge is 0.363 e. The van der Waals surface area contributed by atoms with E-state index in [2.05, 4.69) is 57.3 Å². The van der Waals surface area contributed by atoms with Crippen molar-refractivity contribution in [1.82, 2.24) is 0 Å². The van der Waals surface area contributed by atoms with Crippen LogP contribution in [0.5, 0.6) is 0 Å². The van der Waals surface area contributed by atoms with Gasteiger partial charge in [-0.05, 0) is 53.5 Å². The minimum absolute atomic E-state index is 0.161. The molecule has 0 fully saturated rings. The van der Waals surface area contributed by atoms with Crippen molar-refractivity contribution in [3.63, 3.8) is 0 Å². The van der Waals surface area contributed by atoms with E-state index in [1.807, 2.05) is 12.1 Å². The lowest BCUT2D eigenvalue weighted by Crippen LogP contribution is -2.46. The Morgan fingerprint density at radius 3 is 2.45 bits per heavy atom. The molecule has 2 aliphatic heterocycles. The lowest BCUT2D eigenvalue weighted by atomic mass is 9.71. The number of nitro groups is 1. The number of allylic oxidation sites excluding steroid dienone is 4. The van der Waals surface area contributed by atoms with Crippen molar-refractivity contribution in [2.24, 2.45) is 11.8 Å². The van der Waals surface area contributed by atoms with E-state index in [0.29, 0.717) is 23.7 Å². The Morgan fingerprint density at radius 1 is 1.00 bits per heavy atom. The molecule has 5 heteroatoms. The molecule has 0 unspecified atom stereocenters. The summed E-state index contributed by atoms with van der Waals surface area (Å²) in [5.74, 6) is 1.98. The first-order valence-corrected chi connectivity index (χ1v) is 11.1. The molecule has 4 nitrogen and oxygen atoms in total. The van der Waals surface area contributed by atoms with E-state index >= 15 is 0 Å². The summed E-state index contributed by atoms with van der Waals surface area (Å²) in [4.78, 5) is 13.5. The minimum Gasteiger partial charge on any atom is -0.363 e. The number of halogens is 1. The fourth-order valence-electron chi connectivity index (χ4n) is 6.11. The summed E-state index contributed by atoms with van der Waals surface area (Å²) >= 11 is 3.77. The van der Waals surface area contributed by atoms with Gasteiger partial charge in [0.25, 0.3) is 5.69 Å². The molecule has 2 aromatic carbocycles. The molecule has 0 N–H and O–H groups in total. The molecule has 0 amide bonds. The second-order valence-electron chi connectivity index (χ2n) is 8.68. The first-order valence-electron chi connectivity index (χ1n) is 10.3. The molecular weight excluding hydrogens is 428 g/mol. The monoisotopic (exact) mass is 448 g/mol. The van der Waals surface area contributed by atoms with E-state index in [4.69, 9.17) is 0 Å². The second-order valence-corrected chi connectivity index (χ2v) is 9.60. The molecule has 0 saturated heterocycles. The van der Waals surface area contributed by atoms with Gasteiger partial charge < -0.3 is 4.90 Å². The van der Waals surface area contributed by atoms with Gasteiger partial charge in [-0.25, -0.2) is 0 Å². The first kappa shape index (κ1) is 17.5. The summed E-state index contributed by atoms with van der Waals surface area (Å²) in [5, 5.41) is 11.1. The van der Waals surface area contributed by atoms with Crippen molar-refractivity contribution in [1.29, 1.82) is 0 Å². The van der Waals surface area contributed by atoms with Gasteiger partial charge in [-0.15, -0.1) is 0 Å². The molecule has 5 atom stereocenters. The van der Waals surface area contributed by atoms with Crippen molar-refractivity contribution in [2.75, 3.05) is 11.4 Å². The summed E-state index contributed by atoms with van der Waals surface area (Å²) in [5.41, 5.74) is 5.62. The van der Waals surface area contributed by atoms with Gasteiger partial charge in [-0.1, -0.05) is 52.4 Å². The summed E-state index contributed by atoms with van der Waals surface area (Å²) in [7, 11) is 0. The number of benzene rings is 2. The Balaban J connectivity index is 1.54. The van der Waals surface area contributed by atoms with Gasteiger partial charge in [0.2, 0.25) is 0 Å². The van der Waals surface area contributed by atoms with Gasteiger partial charge >= 0.3 is 0 Å². The van der Waals surface area contributed by atoms with E-state index in [0.717, 1.165) is 19.4 Å². The Morgan fingerprint density at radius 2 is 1.69 bits per heavy atom. The molecule has 2 aliphatic carbocycles. The van der Waals surface area contributed by atoms with Crippen LogP contribution in [0.3, 0.4) is 0 Å². The molecule has 29 heavy (non-hydrogen) atoms. The number of anilines is 1. The molecule has 0 radical (unpaired) electrons. The Hall–Kier alpha value is -2.40. The Bertz CT molecular complexity index is 1060. The summed E-state index contributed by atoms with van der Waals surface area (Å²) in [6, 6.07) is 12.1. The quantitative estimate of drug-likeness (QED) is 0.309. The SMILES string of the molecule is O=[N+]([O-])c1ccc([C@@H]2[C@H]3CC=C[C@@H]3c3cc(Br)cc4c3N2C[C@H]2CC=C[C@H]42)cc1.